The fourth-order valence-electron chi connectivity index (χ4n) is 3.49. The highest BCUT2D eigenvalue weighted by Gasteiger charge is 2.32. The van der Waals surface area contributed by atoms with E-state index in [1.807, 2.05) is 14.1 Å². The zero-order valence-corrected chi connectivity index (χ0v) is 16.0. The van der Waals surface area contributed by atoms with Gasteiger partial charge in [-0.3, -0.25) is 14.4 Å². The van der Waals surface area contributed by atoms with Crippen LogP contribution in [-0.2, 0) is 4.79 Å². The number of amides is 1. The first-order valence-electron chi connectivity index (χ1n) is 9.27. The standard InChI is InChI=1S/C22H24N2O3/c1-4-5-13-24(2,3)14-19(25)23-18-12-8-11-17-20(18)22(27)16-10-7-6-9-15(16)21(17)26/h6-12H,4-5,13-14H2,1-3H3/p+1. The molecule has 0 radical (unpaired) electrons. The van der Waals surface area contributed by atoms with Crippen LogP contribution in [0.5, 0.6) is 0 Å². The van der Waals surface area contributed by atoms with Crippen molar-refractivity contribution >= 4 is 23.2 Å². The Kier molecular flexibility index (Phi) is 5.24. The third-order valence-corrected chi connectivity index (χ3v) is 4.92. The van der Waals surface area contributed by atoms with Gasteiger partial charge < -0.3 is 9.80 Å². The second-order valence-corrected chi connectivity index (χ2v) is 7.65. The van der Waals surface area contributed by atoms with E-state index in [1.165, 1.54) is 0 Å². The molecular weight excluding hydrogens is 340 g/mol. The first-order chi connectivity index (χ1) is 12.8. The molecule has 3 rings (SSSR count). The van der Waals surface area contributed by atoms with Crippen LogP contribution in [0.2, 0.25) is 0 Å². The maximum absolute atomic E-state index is 13.0. The first-order valence-corrected chi connectivity index (χ1v) is 9.27. The summed E-state index contributed by atoms with van der Waals surface area (Å²) in [5.74, 6) is -0.574. The quantitative estimate of drug-likeness (QED) is 0.682. The summed E-state index contributed by atoms with van der Waals surface area (Å²) in [6.07, 6.45) is 2.12. The van der Waals surface area contributed by atoms with Gasteiger partial charge in [0.25, 0.3) is 5.91 Å². The lowest BCUT2D eigenvalue weighted by molar-refractivity contribution is -0.882. The largest absolute Gasteiger partial charge is 0.321 e. The number of benzene rings is 2. The Hall–Kier alpha value is -2.79. The molecule has 5 nitrogen and oxygen atoms in total. The summed E-state index contributed by atoms with van der Waals surface area (Å²) >= 11 is 0. The Morgan fingerprint density at radius 2 is 1.56 bits per heavy atom. The van der Waals surface area contributed by atoms with Crippen molar-refractivity contribution in [1.29, 1.82) is 0 Å². The molecule has 0 saturated carbocycles. The van der Waals surface area contributed by atoms with E-state index in [0.717, 1.165) is 19.4 Å². The summed E-state index contributed by atoms with van der Waals surface area (Å²) in [6.45, 7) is 3.33. The van der Waals surface area contributed by atoms with E-state index in [-0.39, 0.29) is 23.0 Å². The van der Waals surface area contributed by atoms with Crippen molar-refractivity contribution in [2.24, 2.45) is 0 Å². The van der Waals surface area contributed by atoms with Crippen LogP contribution < -0.4 is 5.32 Å². The molecule has 0 fully saturated rings. The van der Waals surface area contributed by atoms with E-state index in [9.17, 15) is 14.4 Å². The van der Waals surface area contributed by atoms with Gasteiger partial charge in [0, 0.05) is 16.7 Å². The summed E-state index contributed by atoms with van der Waals surface area (Å²) in [7, 11) is 4.03. The van der Waals surface area contributed by atoms with Crippen molar-refractivity contribution in [1.82, 2.24) is 0 Å². The molecule has 0 bridgehead atoms. The molecular formula is C22H25N2O3+. The van der Waals surface area contributed by atoms with Crippen LogP contribution in [0.3, 0.4) is 0 Å². The number of carbonyl (C=O) groups is 3. The van der Waals surface area contributed by atoms with Crippen molar-refractivity contribution in [2.45, 2.75) is 19.8 Å². The number of likely N-dealkylation sites (N-methyl/N-ethyl adjacent to an activating group) is 1. The summed E-state index contributed by atoms with van der Waals surface area (Å²) < 4.78 is 0.574. The highest BCUT2D eigenvalue weighted by atomic mass is 16.2. The van der Waals surface area contributed by atoms with Gasteiger partial charge in [0.15, 0.2) is 18.1 Å². The Balaban J connectivity index is 1.88. The second-order valence-electron chi connectivity index (χ2n) is 7.65. The van der Waals surface area contributed by atoms with Crippen LogP contribution >= 0.6 is 0 Å². The normalized spacial score (nSPS) is 13.1. The minimum absolute atomic E-state index is 0.163. The Labute approximate surface area is 159 Å². The molecule has 0 atom stereocenters. The van der Waals surface area contributed by atoms with Crippen molar-refractivity contribution in [2.75, 3.05) is 32.5 Å². The van der Waals surface area contributed by atoms with E-state index in [2.05, 4.69) is 12.2 Å². The molecule has 1 aliphatic carbocycles. The minimum Gasteiger partial charge on any atom is -0.321 e. The van der Waals surface area contributed by atoms with Gasteiger partial charge in [-0.15, -0.1) is 0 Å². The summed E-state index contributed by atoms with van der Waals surface area (Å²) in [5, 5.41) is 2.86. The number of hydrogen-bond donors (Lipinski definition) is 1. The molecule has 2 aromatic carbocycles. The zero-order valence-electron chi connectivity index (χ0n) is 16.0. The minimum atomic E-state index is -0.226. The molecule has 0 unspecified atom stereocenters. The number of fused-ring (bicyclic) bond motifs is 2. The molecule has 5 heteroatoms. The Morgan fingerprint density at radius 1 is 0.926 bits per heavy atom. The molecule has 1 N–H and O–H groups in total. The lowest BCUT2D eigenvalue weighted by Crippen LogP contribution is -2.46. The van der Waals surface area contributed by atoms with Gasteiger partial charge in [-0.1, -0.05) is 49.7 Å². The summed E-state index contributed by atoms with van der Waals surface area (Å²) in [5.41, 5.74) is 1.83. The monoisotopic (exact) mass is 365 g/mol. The number of carbonyl (C=O) groups excluding carboxylic acids is 3. The molecule has 0 heterocycles. The van der Waals surface area contributed by atoms with Crippen LogP contribution in [0.15, 0.2) is 42.5 Å². The fourth-order valence-corrected chi connectivity index (χ4v) is 3.49. The van der Waals surface area contributed by atoms with E-state index in [4.69, 9.17) is 0 Å². The third-order valence-electron chi connectivity index (χ3n) is 4.92. The van der Waals surface area contributed by atoms with Gasteiger partial charge in [0.05, 0.1) is 31.9 Å². The van der Waals surface area contributed by atoms with Gasteiger partial charge in [0.2, 0.25) is 0 Å². The third kappa shape index (κ3) is 3.83. The lowest BCUT2D eigenvalue weighted by Gasteiger charge is -2.29. The number of unbranched alkanes of at least 4 members (excludes halogenated alkanes) is 1. The van der Waals surface area contributed by atoms with Gasteiger partial charge in [-0.05, 0) is 12.5 Å². The number of anilines is 1. The second kappa shape index (κ2) is 7.45. The topological polar surface area (TPSA) is 63.2 Å². The molecule has 0 saturated heterocycles. The molecule has 27 heavy (non-hydrogen) atoms. The fraction of sp³-hybridized carbons (Fsp3) is 0.318. The number of ketones is 2. The maximum Gasteiger partial charge on any atom is 0.279 e. The Morgan fingerprint density at radius 3 is 2.22 bits per heavy atom. The maximum atomic E-state index is 13.0. The number of nitrogens with zero attached hydrogens (tertiary/aromatic N) is 1. The van der Waals surface area contributed by atoms with Crippen LogP contribution in [0.1, 0.15) is 51.6 Å². The van der Waals surface area contributed by atoms with Gasteiger partial charge >= 0.3 is 0 Å². The molecule has 0 spiro atoms. The average molecular weight is 365 g/mol. The molecule has 0 aromatic heterocycles. The predicted octanol–water partition coefficient (Wildman–Crippen LogP) is 3.28. The number of hydrogen-bond acceptors (Lipinski definition) is 3. The van der Waals surface area contributed by atoms with Crippen molar-refractivity contribution < 1.29 is 18.9 Å². The molecule has 0 aliphatic heterocycles. The van der Waals surface area contributed by atoms with Crippen LogP contribution in [0.4, 0.5) is 5.69 Å². The summed E-state index contributed by atoms with van der Waals surface area (Å²) in [6, 6.07) is 11.8. The summed E-state index contributed by atoms with van der Waals surface area (Å²) in [4.78, 5) is 38.3. The highest BCUT2D eigenvalue weighted by molar-refractivity contribution is 6.30. The van der Waals surface area contributed by atoms with Gasteiger partial charge in [-0.25, -0.2) is 0 Å². The average Bonchev–Trinajstić information content (AvgIpc) is 2.64. The van der Waals surface area contributed by atoms with Crippen LogP contribution in [0.25, 0.3) is 0 Å². The first kappa shape index (κ1) is 19.0. The predicted molar refractivity (Wildman–Crippen MR) is 105 cm³/mol. The number of quaternary nitrogens is 1. The van der Waals surface area contributed by atoms with Gasteiger partial charge in [-0.2, -0.15) is 0 Å². The smallest absolute Gasteiger partial charge is 0.279 e. The highest BCUT2D eigenvalue weighted by Crippen LogP contribution is 2.31. The number of nitrogens with one attached hydrogen (secondary N) is 1. The SMILES string of the molecule is CCCC[N+](C)(C)CC(=O)Nc1cccc2c1C(=O)c1ccccc1C2=O. The molecule has 1 aliphatic rings. The van der Waals surface area contributed by atoms with E-state index in [1.54, 1.807) is 42.5 Å². The van der Waals surface area contributed by atoms with Crippen molar-refractivity contribution in [3.8, 4) is 0 Å². The molecule has 1 amide bonds. The Bertz CT molecular complexity index is 916. The molecule has 140 valence electrons. The van der Waals surface area contributed by atoms with Gasteiger partial charge in [0.1, 0.15) is 0 Å². The lowest BCUT2D eigenvalue weighted by atomic mass is 9.83. The van der Waals surface area contributed by atoms with E-state index < -0.39 is 0 Å². The number of rotatable bonds is 6. The van der Waals surface area contributed by atoms with Crippen molar-refractivity contribution in [3.63, 3.8) is 0 Å². The zero-order chi connectivity index (χ0) is 19.6. The molecule has 2 aromatic rings. The van der Waals surface area contributed by atoms with Crippen LogP contribution in [-0.4, -0.2) is 49.1 Å². The van der Waals surface area contributed by atoms with Crippen molar-refractivity contribution in [3.05, 3.63) is 64.7 Å². The van der Waals surface area contributed by atoms with E-state index in [0.29, 0.717) is 33.4 Å². The van der Waals surface area contributed by atoms with E-state index >= 15 is 0 Å². The van der Waals surface area contributed by atoms with Crippen LogP contribution in [0, 0.1) is 0 Å².